The van der Waals surface area contributed by atoms with Crippen molar-refractivity contribution in [3.05, 3.63) is 11.8 Å². The number of thioether (sulfide) groups is 1. The van der Waals surface area contributed by atoms with E-state index in [1.807, 2.05) is 13.0 Å². The maximum Gasteiger partial charge on any atom is 0.235 e. The Morgan fingerprint density at radius 1 is 1.45 bits per heavy atom. The molecule has 2 aromatic heterocycles. The Kier molecular flexibility index (Phi) is 6.20. The molecule has 0 aliphatic heterocycles. The van der Waals surface area contributed by atoms with Gasteiger partial charge in [0, 0.05) is 19.7 Å². The third kappa shape index (κ3) is 4.99. The number of aryl methyl sites for hydroxylation is 2. The summed E-state index contributed by atoms with van der Waals surface area (Å²) in [6.45, 7) is 4.93. The number of carbonyl (C=O) groups excluding carboxylic acids is 1. The Balaban J connectivity index is 1.77. The minimum Gasteiger partial charge on any atom is -0.360 e. The molecule has 0 unspecified atom stereocenters. The highest BCUT2D eigenvalue weighted by Gasteiger charge is 2.10. The molecule has 0 bridgehead atoms. The molecule has 0 aliphatic carbocycles. The highest BCUT2D eigenvalue weighted by molar-refractivity contribution is 8.01. The second kappa shape index (κ2) is 8.14. The van der Waals surface area contributed by atoms with Crippen LogP contribution < -0.4 is 10.6 Å². The molecule has 0 radical (unpaired) electrons. The van der Waals surface area contributed by atoms with E-state index < -0.39 is 0 Å². The Bertz CT molecular complexity index is 624. The third-order valence-electron chi connectivity index (χ3n) is 2.81. The fourth-order valence-electron chi connectivity index (χ4n) is 1.75. The number of amides is 1. The van der Waals surface area contributed by atoms with Crippen molar-refractivity contribution >= 4 is 40.0 Å². The van der Waals surface area contributed by atoms with Gasteiger partial charge in [-0.25, -0.2) is 0 Å². The van der Waals surface area contributed by atoms with Crippen LogP contribution in [0.1, 0.15) is 25.5 Å². The minimum absolute atomic E-state index is 0.0799. The third-order valence-corrected chi connectivity index (χ3v) is 4.82. The van der Waals surface area contributed by atoms with Crippen LogP contribution in [0, 0.1) is 6.92 Å². The number of nitrogens with zero attached hydrogens (tertiary/aromatic N) is 4. The number of hydrogen-bond donors (Lipinski definition) is 2. The molecule has 2 heterocycles. The number of aromatic nitrogens is 4. The zero-order chi connectivity index (χ0) is 15.9. The van der Waals surface area contributed by atoms with Gasteiger partial charge in [-0.2, -0.15) is 5.10 Å². The lowest BCUT2D eigenvalue weighted by atomic mass is 10.3. The molecule has 0 atom stereocenters. The molecular formula is C13H20N6OS2. The molecule has 1 amide bonds. The maximum atomic E-state index is 11.9. The van der Waals surface area contributed by atoms with Crippen molar-refractivity contribution in [3.63, 3.8) is 0 Å². The van der Waals surface area contributed by atoms with Crippen LogP contribution in [0.5, 0.6) is 0 Å². The van der Waals surface area contributed by atoms with Gasteiger partial charge < -0.3 is 10.6 Å². The van der Waals surface area contributed by atoms with Crippen LogP contribution in [-0.4, -0.2) is 38.2 Å². The summed E-state index contributed by atoms with van der Waals surface area (Å²) in [6.07, 6.45) is 2.25. The van der Waals surface area contributed by atoms with Crippen LogP contribution >= 0.6 is 23.1 Å². The van der Waals surface area contributed by atoms with Crippen molar-refractivity contribution < 1.29 is 4.79 Å². The lowest BCUT2D eigenvalue weighted by molar-refractivity contribution is -0.113. The van der Waals surface area contributed by atoms with Gasteiger partial charge in [0.15, 0.2) is 4.34 Å². The summed E-state index contributed by atoms with van der Waals surface area (Å²) >= 11 is 2.85. The van der Waals surface area contributed by atoms with E-state index >= 15 is 0 Å². The first-order valence-electron chi connectivity index (χ1n) is 7.09. The standard InChI is InChI=1S/C13H20N6OS2/c1-4-5-6-14-12-16-17-13(22-12)21-8-11(20)15-10-7-9(2)18-19(10)3/h7H,4-6,8H2,1-3H3,(H,14,16)(H,15,20). The summed E-state index contributed by atoms with van der Waals surface area (Å²) in [5, 5.41) is 19.2. The first kappa shape index (κ1) is 16.8. The predicted octanol–water partition coefficient (Wildman–Crippen LogP) is 2.52. The summed E-state index contributed by atoms with van der Waals surface area (Å²) in [5.74, 6) is 0.916. The lowest BCUT2D eigenvalue weighted by Gasteiger charge is -2.03. The Morgan fingerprint density at radius 2 is 2.27 bits per heavy atom. The molecule has 0 fully saturated rings. The van der Waals surface area contributed by atoms with E-state index in [2.05, 4.69) is 32.9 Å². The van der Waals surface area contributed by atoms with Crippen molar-refractivity contribution in [2.75, 3.05) is 22.9 Å². The number of hydrogen-bond acceptors (Lipinski definition) is 7. The molecule has 9 heteroatoms. The SMILES string of the molecule is CCCCNc1nnc(SCC(=O)Nc2cc(C)nn2C)s1. The Morgan fingerprint density at radius 3 is 2.95 bits per heavy atom. The number of nitrogens with one attached hydrogen (secondary N) is 2. The second-order valence-electron chi connectivity index (χ2n) is 4.78. The van der Waals surface area contributed by atoms with Crippen LogP contribution in [0.3, 0.4) is 0 Å². The van der Waals surface area contributed by atoms with Crippen LogP contribution in [0.4, 0.5) is 10.9 Å². The van der Waals surface area contributed by atoms with Gasteiger partial charge in [-0.3, -0.25) is 9.48 Å². The van der Waals surface area contributed by atoms with Crippen LogP contribution in [0.25, 0.3) is 0 Å². The molecule has 22 heavy (non-hydrogen) atoms. The van der Waals surface area contributed by atoms with Crippen LogP contribution in [-0.2, 0) is 11.8 Å². The predicted molar refractivity (Wildman–Crippen MR) is 90.6 cm³/mol. The highest BCUT2D eigenvalue weighted by Crippen LogP contribution is 2.25. The highest BCUT2D eigenvalue weighted by atomic mass is 32.2. The quantitative estimate of drug-likeness (QED) is 0.567. The van der Waals surface area contributed by atoms with E-state index in [-0.39, 0.29) is 5.91 Å². The molecule has 2 rings (SSSR count). The van der Waals surface area contributed by atoms with Gasteiger partial charge in [-0.15, -0.1) is 10.2 Å². The van der Waals surface area contributed by atoms with E-state index in [1.165, 1.54) is 23.1 Å². The smallest absolute Gasteiger partial charge is 0.235 e. The van der Waals surface area contributed by atoms with Gasteiger partial charge in [0.2, 0.25) is 11.0 Å². The number of carbonyl (C=O) groups is 1. The van der Waals surface area contributed by atoms with Gasteiger partial charge in [0.25, 0.3) is 0 Å². The van der Waals surface area contributed by atoms with Crippen molar-refractivity contribution in [2.24, 2.45) is 7.05 Å². The molecule has 0 saturated heterocycles. The fraction of sp³-hybridized carbons (Fsp3) is 0.538. The summed E-state index contributed by atoms with van der Waals surface area (Å²) in [5.41, 5.74) is 0.873. The van der Waals surface area contributed by atoms with Gasteiger partial charge >= 0.3 is 0 Å². The monoisotopic (exact) mass is 340 g/mol. The van der Waals surface area contributed by atoms with Crippen LogP contribution in [0.2, 0.25) is 0 Å². The molecule has 0 aromatic carbocycles. The van der Waals surface area contributed by atoms with Gasteiger partial charge in [-0.05, 0) is 13.3 Å². The van der Waals surface area contributed by atoms with Crippen molar-refractivity contribution in [1.29, 1.82) is 0 Å². The van der Waals surface area contributed by atoms with E-state index in [0.717, 1.165) is 34.6 Å². The van der Waals surface area contributed by atoms with E-state index in [0.29, 0.717) is 11.6 Å². The molecule has 0 spiro atoms. The minimum atomic E-state index is -0.0799. The van der Waals surface area contributed by atoms with E-state index in [1.54, 1.807) is 11.7 Å². The van der Waals surface area contributed by atoms with Crippen LogP contribution in [0.15, 0.2) is 10.4 Å². The summed E-state index contributed by atoms with van der Waals surface area (Å²) in [6, 6.07) is 1.84. The molecule has 7 nitrogen and oxygen atoms in total. The molecular weight excluding hydrogens is 320 g/mol. The average molecular weight is 340 g/mol. The molecule has 0 saturated carbocycles. The first-order valence-corrected chi connectivity index (χ1v) is 8.89. The van der Waals surface area contributed by atoms with Gasteiger partial charge in [0.1, 0.15) is 5.82 Å². The first-order chi connectivity index (χ1) is 10.6. The van der Waals surface area contributed by atoms with E-state index in [4.69, 9.17) is 0 Å². The molecule has 0 aliphatic rings. The number of unbranched alkanes of at least 4 members (excludes halogenated alkanes) is 1. The molecule has 2 N–H and O–H groups in total. The average Bonchev–Trinajstić information content (AvgIpc) is 3.04. The number of rotatable bonds is 8. The number of anilines is 2. The van der Waals surface area contributed by atoms with Gasteiger partial charge in [0.05, 0.1) is 11.4 Å². The van der Waals surface area contributed by atoms with E-state index in [9.17, 15) is 4.79 Å². The molecule has 2 aromatic rings. The summed E-state index contributed by atoms with van der Waals surface area (Å²) in [7, 11) is 1.80. The summed E-state index contributed by atoms with van der Waals surface area (Å²) in [4.78, 5) is 11.9. The van der Waals surface area contributed by atoms with Crippen molar-refractivity contribution in [2.45, 2.75) is 31.0 Å². The molecule has 120 valence electrons. The Hall–Kier alpha value is -1.61. The van der Waals surface area contributed by atoms with Gasteiger partial charge in [-0.1, -0.05) is 36.4 Å². The largest absolute Gasteiger partial charge is 0.360 e. The maximum absolute atomic E-state index is 11.9. The normalized spacial score (nSPS) is 10.7. The van der Waals surface area contributed by atoms with Crippen molar-refractivity contribution in [3.8, 4) is 0 Å². The second-order valence-corrected chi connectivity index (χ2v) is 6.98. The van der Waals surface area contributed by atoms with Crippen molar-refractivity contribution in [1.82, 2.24) is 20.0 Å². The lowest BCUT2D eigenvalue weighted by Crippen LogP contribution is -2.16. The zero-order valence-electron chi connectivity index (χ0n) is 12.9. The fourth-order valence-corrected chi connectivity index (χ4v) is 3.32. The zero-order valence-corrected chi connectivity index (χ0v) is 14.6. The topological polar surface area (TPSA) is 84.7 Å². The summed E-state index contributed by atoms with van der Waals surface area (Å²) < 4.78 is 2.44. The Labute approximate surface area is 137 Å².